The van der Waals surface area contributed by atoms with Crippen LogP contribution in [0.25, 0.3) is 0 Å². The molecule has 5 nitrogen and oxygen atoms in total. The van der Waals surface area contributed by atoms with Gasteiger partial charge < -0.3 is 15.3 Å². The van der Waals surface area contributed by atoms with E-state index in [1.54, 1.807) is 4.90 Å². The first-order valence-corrected chi connectivity index (χ1v) is 6.64. The van der Waals surface area contributed by atoms with Gasteiger partial charge in [-0.05, 0) is 25.2 Å². The molecule has 0 bridgehead atoms. The second-order valence-corrected chi connectivity index (χ2v) is 5.39. The Morgan fingerprint density at radius 1 is 1.44 bits per heavy atom. The molecule has 1 saturated heterocycles. The summed E-state index contributed by atoms with van der Waals surface area (Å²) < 4.78 is 0. The summed E-state index contributed by atoms with van der Waals surface area (Å²) in [6, 6.07) is -0.573. The topological polar surface area (TPSA) is 69.6 Å². The van der Waals surface area contributed by atoms with Gasteiger partial charge in [-0.15, -0.1) is 0 Å². The average molecular weight is 256 g/mol. The van der Waals surface area contributed by atoms with Crippen molar-refractivity contribution in [3.05, 3.63) is 0 Å². The number of amides is 2. The van der Waals surface area contributed by atoms with Crippen LogP contribution < -0.4 is 5.32 Å². The lowest BCUT2D eigenvalue weighted by molar-refractivity contribution is -0.137. The maximum atomic E-state index is 12.1. The largest absolute Gasteiger partial charge is 0.394 e. The van der Waals surface area contributed by atoms with Crippen molar-refractivity contribution in [2.75, 3.05) is 13.2 Å². The third-order valence-corrected chi connectivity index (χ3v) is 3.28. The van der Waals surface area contributed by atoms with Crippen LogP contribution >= 0.6 is 0 Å². The van der Waals surface area contributed by atoms with Crippen molar-refractivity contribution in [2.45, 2.75) is 52.1 Å². The van der Waals surface area contributed by atoms with Gasteiger partial charge in [0.15, 0.2) is 0 Å². The maximum absolute atomic E-state index is 12.1. The normalized spacial score (nSPS) is 21.2. The molecule has 1 aliphatic rings. The monoisotopic (exact) mass is 256 g/mol. The zero-order valence-corrected chi connectivity index (χ0v) is 11.5. The quantitative estimate of drug-likeness (QED) is 0.753. The Hall–Kier alpha value is -1.10. The molecule has 1 unspecified atom stereocenters. The SMILES string of the molecule is CC(=O)N1CCC[C@H]1C(=O)NC(CO)CC(C)C. The summed E-state index contributed by atoms with van der Waals surface area (Å²) in [6.07, 6.45) is 2.33. The van der Waals surface area contributed by atoms with Crippen LogP contribution in [-0.2, 0) is 9.59 Å². The van der Waals surface area contributed by atoms with E-state index in [-0.39, 0.29) is 30.5 Å². The van der Waals surface area contributed by atoms with Gasteiger partial charge in [-0.1, -0.05) is 13.8 Å². The van der Waals surface area contributed by atoms with Gasteiger partial charge in [0.1, 0.15) is 6.04 Å². The molecule has 0 aromatic rings. The van der Waals surface area contributed by atoms with E-state index in [0.717, 1.165) is 12.8 Å². The lowest BCUT2D eigenvalue weighted by Gasteiger charge is -2.25. The van der Waals surface area contributed by atoms with Crippen molar-refractivity contribution in [1.29, 1.82) is 0 Å². The molecular weight excluding hydrogens is 232 g/mol. The molecule has 1 rings (SSSR count). The number of carbonyl (C=O) groups excluding carboxylic acids is 2. The Labute approximate surface area is 109 Å². The van der Waals surface area contributed by atoms with Crippen LogP contribution in [0.4, 0.5) is 0 Å². The predicted molar refractivity (Wildman–Crippen MR) is 68.9 cm³/mol. The van der Waals surface area contributed by atoms with Crippen LogP contribution in [-0.4, -0.2) is 47.1 Å². The van der Waals surface area contributed by atoms with Gasteiger partial charge in [0.25, 0.3) is 0 Å². The molecule has 5 heteroatoms. The summed E-state index contributed by atoms with van der Waals surface area (Å²) in [4.78, 5) is 25.1. The maximum Gasteiger partial charge on any atom is 0.243 e. The van der Waals surface area contributed by atoms with E-state index in [1.165, 1.54) is 6.92 Å². The van der Waals surface area contributed by atoms with E-state index < -0.39 is 0 Å². The molecule has 0 saturated carbocycles. The van der Waals surface area contributed by atoms with Gasteiger partial charge in [-0.2, -0.15) is 0 Å². The van der Waals surface area contributed by atoms with E-state index >= 15 is 0 Å². The van der Waals surface area contributed by atoms with Crippen molar-refractivity contribution >= 4 is 11.8 Å². The van der Waals surface area contributed by atoms with Crippen molar-refractivity contribution in [3.8, 4) is 0 Å². The van der Waals surface area contributed by atoms with Crippen molar-refractivity contribution < 1.29 is 14.7 Å². The first-order valence-electron chi connectivity index (χ1n) is 6.64. The number of hydrogen-bond acceptors (Lipinski definition) is 3. The molecule has 1 aliphatic heterocycles. The molecule has 0 spiro atoms. The molecule has 0 radical (unpaired) electrons. The predicted octanol–water partition coefficient (Wildman–Crippen LogP) is 0.520. The van der Waals surface area contributed by atoms with Crippen LogP contribution in [0.2, 0.25) is 0 Å². The Bertz CT molecular complexity index is 305. The fourth-order valence-electron chi connectivity index (χ4n) is 2.46. The van der Waals surface area contributed by atoms with E-state index in [9.17, 15) is 14.7 Å². The minimum absolute atomic E-state index is 0.0583. The van der Waals surface area contributed by atoms with E-state index in [1.807, 2.05) is 13.8 Å². The molecule has 104 valence electrons. The minimum atomic E-state index is -0.358. The number of nitrogens with one attached hydrogen (secondary N) is 1. The van der Waals surface area contributed by atoms with Crippen molar-refractivity contribution in [1.82, 2.24) is 10.2 Å². The molecule has 0 aliphatic carbocycles. The molecule has 2 atom stereocenters. The number of aliphatic hydroxyl groups is 1. The molecular formula is C13H24N2O3. The number of hydrogen-bond donors (Lipinski definition) is 2. The van der Waals surface area contributed by atoms with E-state index in [0.29, 0.717) is 18.9 Å². The summed E-state index contributed by atoms with van der Waals surface area (Å²) in [5, 5.41) is 12.1. The van der Waals surface area contributed by atoms with E-state index in [2.05, 4.69) is 5.32 Å². The summed E-state index contributed by atoms with van der Waals surface area (Å²) in [5.74, 6) is 0.217. The summed E-state index contributed by atoms with van der Waals surface area (Å²) in [5.41, 5.74) is 0. The third kappa shape index (κ3) is 3.98. The van der Waals surface area contributed by atoms with Gasteiger partial charge in [0.2, 0.25) is 11.8 Å². The smallest absolute Gasteiger partial charge is 0.243 e. The Balaban J connectivity index is 2.55. The standard InChI is InChI=1S/C13H24N2O3/c1-9(2)7-11(8-16)14-13(18)12-5-4-6-15(12)10(3)17/h9,11-12,16H,4-8H2,1-3H3,(H,14,18)/t11?,12-/m0/s1. The van der Waals surface area contributed by atoms with Crippen LogP contribution in [0.3, 0.4) is 0 Å². The highest BCUT2D eigenvalue weighted by Gasteiger charge is 2.33. The van der Waals surface area contributed by atoms with Crippen LogP contribution in [0.5, 0.6) is 0 Å². The second kappa shape index (κ2) is 6.73. The van der Waals surface area contributed by atoms with Gasteiger partial charge in [0, 0.05) is 13.5 Å². The Morgan fingerprint density at radius 2 is 2.11 bits per heavy atom. The molecule has 1 heterocycles. The van der Waals surface area contributed by atoms with Crippen LogP contribution in [0, 0.1) is 5.92 Å². The van der Waals surface area contributed by atoms with E-state index in [4.69, 9.17) is 0 Å². The fourth-order valence-corrected chi connectivity index (χ4v) is 2.46. The van der Waals surface area contributed by atoms with Gasteiger partial charge in [-0.3, -0.25) is 9.59 Å². The van der Waals surface area contributed by atoms with Crippen LogP contribution in [0.15, 0.2) is 0 Å². The second-order valence-electron chi connectivity index (χ2n) is 5.39. The first kappa shape index (κ1) is 15.0. The molecule has 1 fully saturated rings. The number of likely N-dealkylation sites (tertiary alicyclic amines) is 1. The van der Waals surface area contributed by atoms with Gasteiger partial charge >= 0.3 is 0 Å². The van der Waals surface area contributed by atoms with Gasteiger partial charge in [-0.25, -0.2) is 0 Å². The lowest BCUT2D eigenvalue weighted by atomic mass is 10.0. The van der Waals surface area contributed by atoms with Crippen molar-refractivity contribution in [3.63, 3.8) is 0 Å². The molecule has 0 aromatic heterocycles. The van der Waals surface area contributed by atoms with Crippen molar-refractivity contribution in [2.24, 2.45) is 5.92 Å². The molecule has 2 amide bonds. The molecule has 0 aromatic carbocycles. The zero-order chi connectivity index (χ0) is 13.7. The zero-order valence-electron chi connectivity index (χ0n) is 11.5. The van der Waals surface area contributed by atoms with Crippen LogP contribution in [0.1, 0.15) is 40.0 Å². The summed E-state index contributed by atoms with van der Waals surface area (Å²) in [7, 11) is 0. The number of aliphatic hydroxyl groups excluding tert-OH is 1. The average Bonchev–Trinajstić information content (AvgIpc) is 2.76. The third-order valence-electron chi connectivity index (χ3n) is 3.28. The lowest BCUT2D eigenvalue weighted by Crippen LogP contribution is -2.49. The highest BCUT2D eigenvalue weighted by molar-refractivity contribution is 5.87. The Kier molecular flexibility index (Phi) is 5.59. The highest BCUT2D eigenvalue weighted by Crippen LogP contribution is 2.17. The number of nitrogens with zero attached hydrogens (tertiary/aromatic N) is 1. The minimum Gasteiger partial charge on any atom is -0.394 e. The molecule has 18 heavy (non-hydrogen) atoms. The van der Waals surface area contributed by atoms with Gasteiger partial charge in [0.05, 0.1) is 12.6 Å². The fraction of sp³-hybridized carbons (Fsp3) is 0.846. The summed E-state index contributed by atoms with van der Waals surface area (Å²) >= 11 is 0. The molecule has 2 N–H and O–H groups in total. The highest BCUT2D eigenvalue weighted by atomic mass is 16.3. The number of rotatable bonds is 5. The first-order chi connectivity index (χ1) is 8.45. The number of carbonyl (C=O) groups is 2. The summed E-state index contributed by atoms with van der Waals surface area (Å²) in [6.45, 7) is 6.18. The Morgan fingerprint density at radius 3 is 2.61 bits per heavy atom.